The molecule has 1 unspecified atom stereocenters. The summed E-state index contributed by atoms with van der Waals surface area (Å²) >= 11 is 0. The monoisotopic (exact) mass is 497 g/mol. The number of carbonyl (C=O) groups excluding carboxylic acids is 2. The summed E-state index contributed by atoms with van der Waals surface area (Å²) in [6.07, 6.45) is 0.513. The van der Waals surface area contributed by atoms with Crippen molar-refractivity contribution in [3.63, 3.8) is 0 Å². The molecule has 2 aromatic rings. The lowest BCUT2D eigenvalue weighted by Gasteiger charge is -2.49. The van der Waals surface area contributed by atoms with Crippen LogP contribution in [0.15, 0.2) is 36.4 Å². The van der Waals surface area contributed by atoms with E-state index in [2.05, 4.69) is 28.7 Å². The average Bonchev–Trinajstić information content (AvgIpc) is 2.83. The number of rotatable bonds is 9. The third kappa shape index (κ3) is 5.84. The molecule has 36 heavy (non-hydrogen) atoms. The highest BCUT2D eigenvalue weighted by Crippen LogP contribution is 2.25. The number of aromatic nitrogens is 1. The third-order valence-corrected chi connectivity index (χ3v) is 7.49. The SMILES string of the molecule is CCN(Cc1cccc(N2CC(N3CCN(C)[C@H](C)C3)C2)n1)C(=O)C(C=O)Cc1ccc(O)cc1F. The molecule has 1 aromatic heterocycles. The van der Waals surface area contributed by atoms with Crippen molar-refractivity contribution in [1.29, 1.82) is 0 Å². The van der Waals surface area contributed by atoms with E-state index in [-0.39, 0.29) is 30.2 Å². The van der Waals surface area contributed by atoms with Crippen LogP contribution in [-0.2, 0) is 22.6 Å². The number of aromatic hydroxyl groups is 1. The molecule has 0 aliphatic carbocycles. The normalized spacial score (nSPS) is 20.1. The molecule has 1 N–H and O–H groups in total. The molecule has 9 heteroatoms. The van der Waals surface area contributed by atoms with E-state index in [1.807, 2.05) is 25.1 Å². The second-order valence-electron chi connectivity index (χ2n) is 9.95. The van der Waals surface area contributed by atoms with Crippen LogP contribution in [0.25, 0.3) is 0 Å². The lowest BCUT2D eigenvalue weighted by Crippen LogP contribution is -2.64. The summed E-state index contributed by atoms with van der Waals surface area (Å²) in [4.78, 5) is 38.5. The van der Waals surface area contributed by atoms with Gasteiger partial charge >= 0.3 is 0 Å². The first-order valence-corrected chi connectivity index (χ1v) is 12.7. The molecule has 2 fully saturated rings. The molecule has 2 atom stereocenters. The van der Waals surface area contributed by atoms with Crippen LogP contribution in [0.5, 0.6) is 5.75 Å². The van der Waals surface area contributed by atoms with Gasteiger partial charge in [-0.25, -0.2) is 9.37 Å². The number of benzene rings is 1. The van der Waals surface area contributed by atoms with Gasteiger partial charge in [-0.15, -0.1) is 0 Å². The molecule has 2 saturated heterocycles. The van der Waals surface area contributed by atoms with Gasteiger partial charge in [0.05, 0.1) is 18.2 Å². The summed E-state index contributed by atoms with van der Waals surface area (Å²) < 4.78 is 14.2. The van der Waals surface area contributed by atoms with E-state index in [1.54, 1.807) is 4.90 Å². The predicted molar refractivity (Wildman–Crippen MR) is 136 cm³/mol. The van der Waals surface area contributed by atoms with Gasteiger partial charge in [0, 0.05) is 57.4 Å². The van der Waals surface area contributed by atoms with E-state index in [4.69, 9.17) is 4.98 Å². The Morgan fingerprint density at radius 1 is 1.25 bits per heavy atom. The van der Waals surface area contributed by atoms with Crippen LogP contribution < -0.4 is 4.90 Å². The van der Waals surface area contributed by atoms with Crippen molar-refractivity contribution >= 4 is 18.0 Å². The fraction of sp³-hybridized carbons (Fsp3) is 0.519. The summed E-state index contributed by atoms with van der Waals surface area (Å²) in [6, 6.07) is 10.7. The van der Waals surface area contributed by atoms with Crippen LogP contribution >= 0.6 is 0 Å². The van der Waals surface area contributed by atoms with Gasteiger partial charge in [0.1, 0.15) is 23.7 Å². The second kappa shape index (κ2) is 11.3. The minimum Gasteiger partial charge on any atom is -0.508 e. The van der Waals surface area contributed by atoms with Gasteiger partial charge in [-0.05, 0) is 51.1 Å². The third-order valence-electron chi connectivity index (χ3n) is 7.49. The van der Waals surface area contributed by atoms with Crippen molar-refractivity contribution in [1.82, 2.24) is 19.7 Å². The van der Waals surface area contributed by atoms with Gasteiger partial charge < -0.3 is 24.6 Å². The minimum absolute atomic E-state index is 0.0571. The lowest BCUT2D eigenvalue weighted by molar-refractivity contribution is -0.138. The maximum atomic E-state index is 14.2. The maximum absolute atomic E-state index is 14.2. The molecule has 4 rings (SSSR count). The maximum Gasteiger partial charge on any atom is 0.233 e. The van der Waals surface area contributed by atoms with Gasteiger partial charge in [-0.3, -0.25) is 9.69 Å². The Morgan fingerprint density at radius 2 is 2.03 bits per heavy atom. The molecule has 2 aliphatic rings. The number of halogens is 1. The van der Waals surface area contributed by atoms with E-state index < -0.39 is 11.7 Å². The van der Waals surface area contributed by atoms with Crippen LogP contribution in [0.1, 0.15) is 25.1 Å². The first-order chi connectivity index (χ1) is 17.3. The minimum atomic E-state index is -1.01. The van der Waals surface area contributed by atoms with Gasteiger partial charge in [-0.1, -0.05) is 12.1 Å². The van der Waals surface area contributed by atoms with Crippen LogP contribution in [0.4, 0.5) is 10.2 Å². The van der Waals surface area contributed by atoms with E-state index in [1.165, 1.54) is 12.1 Å². The number of phenolic OH excluding ortho intramolecular Hbond substituents is 1. The molecule has 194 valence electrons. The Labute approximate surface area is 212 Å². The number of hydrogen-bond donors (Lipinski definition) is 1. The molecule has 0 radical (unpaired) electrons. The van der Waals surface area contributed by atoms with E-state index >= 15 is 0 Å². The molecule has 1 amide bonds. The van der Waals surface area contributed by atoms with Crippen molar-refractivity contribution < 1.29 is 19.1 Å². The number of anilines is 1. The molecular formula is C27H36FN5O3. The molecule has 3 heterocycles. The largest absolute Gasteiger partial charge is 0.508 e. The van der Waals surface area contributed by atoms with Crippen molar-refractivity contribution in [3.05, 3.63) is 53.5 Å². The number of hydrogen-bond acceptors (Lipinski definition) is 7. The summed E-state index contributed by atoms with van der Waals surface area (Å²) in [5, 5.41) is 9.41. The van der Waals surface area contributed by atoms with Gasteiger partial charge in [0.2, 0.25) is 5.91 Å². The van der Waals surface area contributed by atoms with Gasteiger partial charge in [-0.2, -0.15) is 0 Å². The Kier molecular flexibility index (Phi) is 8.21. The molecule has 0 saturated carbocycles. The molecule has 1 aromatic carbocycles. The molecule has 0 bridgehead atoms. The number of aldehydes is 1. The van der Waals surface area contributed by atoms with Gasteiger partial charge in [0.25, 0.3) is 0 Å². The molecule has 8 nitrogen and oxygen atoms in total. The number of amides is 1. The van der Waals surface area contributed by atoms with Crippen molar-refractivity contribution in [2.24, 2.45) is 5.92 Å². The summed E-state index contributed by atoms with van der Waals surface area (Å²) in [5.74, 6) is -1.30. The Balaban J connectivity index is 1.36. The van der Waals surface area contributed by atoms with Crippen molar-refractivity contribution in [2.45, 2.75) is 38.9 Å². The van der Waals surface area contributed by atoms with Gasteiger partial charge in [0.15, 0.2) is 0 Å². The van der Waals surface area contributed by atoms with Crippen LogP contribution in [0, 0.1) is 11.7 Å². The second-order valence-corrected chi connectivity index (χ2v) is 9.95. The van der Waals surface area contributed by atoms with Crippen molar-refractivity contribution in [2.75, 3.05) is 51.2 Å². The topological polar surface area (TPSA) is 80.2 Å². The predicted octanol–water partition coefficient (Wildman–Crippen LogP) is 2.16. The zero-order valence-corrected chi connectivity index (χ0v) is 21.3. The fourth-order valence-electron chi connectivity index (χ4n) is 4.92. The summed E-state index contributed by atoms with van der Waals surface area (Å²) in [6.45, 7) is 9.94. The standard InChI is InChI=1S/C27H36FN5O3/c1-4-31(27(36)21(18-34)12-20-8-9-24(35)13-25(20)28)15-22-6-5-7-26(29-22)33-16-23(17-33)32-11-10-30(3)19(2)14-32/h5-9,13,18-19,21,23,35H,4,10-12,14-17H2,1-3H3/t19-,21?/m1/s1. The van der Waals surface area contributed by atoms with E-state index in [0.29, 0.717) is 24.9 Å². The van der Waals surface area contributed by atoms with Crippen LogP contribution in [0.2, 0.25) is 0 Å². The number of likely N-dealkylation sites (N-methyl/N-ethyl adjacent to an activating group) is 1. The number of phenols is 1. The first kappa shape index (κ1) is 26.0. The fourth-order valence-corrected chi connectivity index (χ4v) is 4.92. The number of nitrogens with zero attached hydrogens (tertiary/aromatic N) is 5. The first-order valence-electron chi connectivity index (χ1n) is 12.7. The van der Waals surface area contributed by atoms with Crippen LogP contribution in [0.3, 0.4) is 0 Å². The van der Waals surface area contributed by atoms with E-state index in [0.717, 1.165) is 50.3 Å². The number of piperazine rings is 1. The number of pyridine rings is 1. The highest BCUT2D eigenvalue weighted by molar-refractivity contribution is 5.92. The zero-order chi connectivity index (χ0) is 25.8. The highest BCUT2D eigenvalue weighted by atomic mass is 19.1. The Bertz CT molecular complexity index is 1080. The lowest BCUT2D eigenvalue weighted by atomic mass is 9.98. The summed E-state index contributed by atoms with van der Waals surface area (Å²) in [7, 11) is 2.18. The molecule has 0 spiro atoms. The summed E-state index contributed by atoms with van der Waals surface area (Å²) in [5.41, 5.74) is 0.969. The Hall–Kier alpha value is -3.04. The number of carbonyl (C=O) groups is 2. The smallest absolute Gasteiger partial charge is 0.233 e. The average molecular weight is 498 g/mol. The van der Waals surface area contributed by atoms with Crippen molar-refractivity contribution in [3.8, 4) is 5.75 Å². The quantitative estimate of drug-likeness (QED) is 0.420. The van der Waals surface area contributed by atoms with E-state index in [9.17, 15) is 19.1 Å². The van der Waals surface area contributed by atoms with Crippen LogP contribution in [-0.4, -0.2) is 95.4 Å². The zero-order valence-electron chi connectivity index (χ0n) is 21.3. The highest BCUT2D eigenvalue weighted by Gasteiger charge is 2.35. The Morgan fingerprint density at radius 3 is 2.69 bits per heavy atom. The molecular weight excluding hydrogens is 461 g/mol. The molecule has 2 aliphatic heterocycles.